The second kappa shape index (κ2) is 11.5. The number of nitrogens with one attached hydrogen (secondary N) is 4. The van der Waals surface area contributed by atoms with Crippen molar-refractivity contribution in [2.75, 3.05) is 22.5 Å². The van der Waals surface area contributed by atoms with Crippen molar-refractivity contribution >= 4 is 34.8 Å². The molecule has 3 amide bonds. The van der Waals surface area contributed by atoms with Gasteiger partial charge in [-0.3, -0.25) is 14.4 Å². The Hall–Kier alpha value is -4.13. The molecule has 170 valence electrons. The highest BCUT2D eigenvalue weighted by Crippen LogP contribution is 2.17. The van der Waals surface area contributed by atoms with Crippen LogP contribution in [0, 0.1) is 0 Å². The van der Waals surface area contributed by atoms with Crippen molar-refractivity contribution in [2.45, 2.75) is 26.3 Å². The first-order chi connectivity index (χ1) is 15.9. The summed E-state index contributed by atoms with van der Waals surface area (Å²) >= 11 is 0. The fraction of sp³-hybridized carbons (Fsp3) is 0.192. The summed E-state index contributed by atoms with van der Waals surface area (Å²) in [5.74, 6) is -0.549. The number of hydrogen-bond acceptors (Lipinski definition) is 4. The molecule has 3 aromatic carbocycles. The normalized spacial score (nSPS) is 11.2. The van der Waals surface area contributed by atoms with Gasteiger partial charge in [-0.25, -0.2) is 0 Å². The molecule has 1 unspecified atom stereocenters. The zero-order valence-corrected chi connectivity index (χ0v) is 18.7. The van der Waals surface area contributed by atoms with Crippen LogP contribution in [0.2, 0.25) is 0 Å². The maximum Gasteiger partial charge on any atom is 0.251 e. The second-order valence-electron chi connectivity index (χ2n) is 7.57. The fourth-order valence-electron chi connectivity index (χ4n) is 3.19. The Bertz CT molecular complexity index is 1120. The summed E-state index contributed by atoms with van der Waals surface area (Å²) in [5, 5.41) is 11.6. The van der Waals surface area contributed by atoms with Gasteiger partial charge in [0.15, 0.2) is 0 Å². The lowest BCUT2D eigenvalue weighted by atomic mass is 10.1. The molecule has 7 nitrogen and oxygen atoms in total. The Balaban J connectivity index is 1.54. The van der Waals surface area contributed by atoms with E-state index in [1.807, 2.05) is 43.3 Å². The number of rotatable bonds is 9. The minimum Gasteiger partial charge on any atom is -0.376 e. The van der Waals surface area contributed by atoms with Crippen molar-refractivity contribution in [3.8, 4) is 0 Å². The molecule has 33 heavy (non-hydrogen) atoms. The molecule has 3 aromatic rings. The zero-order valence-electron chi connectivity index (χ0n) is 18.7. The molecule has 1 atom stereocenters. The van der Waals surface area contributed by atoms with Gasteiger partial charge in [0, 0.05) is 29.0 Å². The van der Waals surface area contributed by atoms with E-state index in [2.05, 4.69) is 21.3 Å². The van der Waals surface area contributed by atoms with E-state index in [1.165, 1.54) is 0 Å². The molecule has 0 radical (unpaired) electrons. The molecular weight excluding hydrogens is 416 g/mol. The molecule has 0 saturated carbocycles. The third-order valence-corrected chi connectivity index (χ3v) is 4.98. The minimum absolute atomic E-state index is 0.0344. The van der Waals surface area contributed by atoms with Crippen molar-refractivity contribution in [3.05, 3.63) is 90.0 Å². The van der Waals surface area contributed by atoms with E-state index in [-0.39, 0.29) is 30.3 Å². The lowest BCUT2D eigenvalue weighted by molar-refractivity contribution is -0.116. The summed E-state index contributed by atoms with van der Waals surface area (Å²) < 4.78 is 0. The summed E-state index contributed by atoms with van der Waals surface area (Å²) in [6.45, 7) is 3.74. The summed E-state index contributed by atoms with van der Waals surface area (Å²) in [6, 6.07) is 23.5. The van der Waals surface area contributed by atoms with Gasteiger partial charge < -0.3 is 21.3 Å². The summed E-state index contributed by atoms with van der Waals surface area (Å²) in [4.78, 5) is 36.6. The van der Waals surface area contributed by atoms with Gasteiger partial charge in [0.1, 0.15) is 0 Å². The number of amides is 3. The quantitative estimate of drug-likeness (QED) is 0.388. The maximum absolute atomic E-state index is 12.6. The molecule has 0 heterocycles. The van der Waals surface area contributed by atoms with Crippen molar-refractivity contribution in [3.63, 3.8) is 0 Å². The van der Waals surface area contributed by atoms with Crippen molar-refractivity contribution in [1.29, 1.82) is 0 Å². The molecule has 7 heteroatoms. The van der Waals surface area contributed by atoms with E-state index in [9.17, 15) is 14.4 Å². The lowest BCUT2D eigenvalue weighted by Gasteiger charge is -2.15. The van der Waals surface area contributed by atoms with E-state index < -0.39 is 0 Å². The highest BCUT2D eigenvalue weighted by Gasteiger charge is 2.12. The van der Waals surface area contributed by atoms with Crippen LogP contribution in [0.1, 0.15) is 42.2 Å². The largest absolute Gasteiger partial charge is 0.376 e. The second-order valence-corrected chi connectivity index (χ2v) is 7.57. The summed E-state index contributed by atoms with van der Waals surface area (Å²) in [7, 11) is 0. The van der Waals surface area contributed by atoms with Crippen LogP contribution in [0.5, 0.6) is 0 Å². The predicted octanol–water partition coefficient (Wildman–Crippen LogP) is 4.58. The third-order valence-electron chi connectivity index (χ3n) is 4.98. The van der Waals surface area contributed by atoms with Crippen LogP contribution in [0.25, 0.3) is 0 Å². The van der Waals surface area contributed by atoms with E-state index in [4.69, 9.17) is 0 Å². The third kappa shape index (κ3) is 7.21. The molecule has 3 rings (SSSR count). The molecule has 0 fully saturated rings. The van der Waals surface area contributed by atoms with E-state index in [1.54, 1.807) is 49.4 Å². The Kier molecular flexibility index (Phi) is 8.18. The van der Waals surface area contributed by atoms with E-state index >= 15 is 0 Å². The molecule has 0 spiro atoms. The molecular formula is C26H28N4O3. The van der Waals surface area contributed by atoms with Gasteiger partial charge in [-0.2, -0.15) is 0 Å². The molecule has 0 aliphatic heterocycles. The van der Waals surface area contributed by atoms with Gasteiger partial charge >= 0.3 is 0 Å². The predicted molar refractivity (Wildman–Crippen MR) is 131 cm³/mol. The highest BCUT2D eigenvalue weighted by atomic mass is 16.2. The van der Waals surface area contributed by atoms with Crippen molar-refractivity contribution in [2.24, 2.45) is 0 Å². The standard InChI is InChI=1S/C26H28N4O3/c1-3-24(31)29-23-14-8-12-21(16-23)27-17-25(32)30-22-13-7-11-20(15-22)26(33)28-18(2)19-9-5-4-6-10-19/h4-16,18,27H,3,17H2,1-2H3,(H,28,33)(H,29,31)(H,30,32). The van der Waals surface area contributed by atoms with Crippen molar-refractivity contribution in [1.82, 2.24) is 5.32 Å². The summed E-state index contributed by atoms with van der Waals surface area (Å²) in [5.41, 5.74) is 3.38. The fourth-order valence-corrected chi connectivity index (χ4v) is 3.19. The first-order valence-electron chi connectivity index (χ1n) is 10.8. The van der Waals surface area contributed by atoms with Gasteiger partial charge in [-0.1, -0.05) is 49.4 Å². The van der Waals surface area contributed by atoms with Crippen LogP contribution in [-0.4, -0.2) is 24.3 Å². The maximum atomic E-state index is 12.6. The molecule has 0 saturated heterocycles. The Labute approximate surface area is 193 Å². The monoisotopic (exact) mass is 444 g/mol. The molecule has 4 N–H and O–H groups in total. The Morgan fingerprint density at radius 2 is 1.39 bits per heavy atom. The molecule has 0 aliphatic carbocycles. The van der Waals surface area contributed by atoms with E-state index in [0.717, 1.165) is 5.56 Å². The zero-order chi connectivity index (χ0) is 23.6. The number of carbonyl (C=O) groups excluding carboxylic acids is 3. The highest BCUT2D eigenvalue weighted by molar-refractivity contribution is 5.98. The number of hydrogen-bond donors (Lipinski definition) is 4. The minimum atomic E-state index is -0.256. The average Bonchev–Trinajstić information content (AvgIpc) is 2.83. The van der Waals surface area contributed by atoms with Crippen molar-refractivity contribution < 1.29 is 14.4 Å². The first-order valence-corrected chi connectivity index (χ1v) is 10.8. The van der Waals surface area contributed by atoms with Crippen LogP contribution < -0.4 is 21.3 Å². The van der Waals surface area contributed by atoms with Gasteiger partial charge in [0.25, 0.3) is 5.91 Å². The molecule has 0 aliphatic rings. The van der Waals surface area contributed by atoms with Crippen LogP contribution in [0.3, 0.4) is 0 Å². The topological polar surface area (TPSA) is 99.3 Å². The van der Waals surface area contributed by atoms with Crippen LogP contribution in [-0.2, 0) is 9.59 Å². The van der Waals surface area contributed by atoms with Crippen LogP contribution in [0.15, 0.2) is 78.9 Å². The summed E-state index contributed by atoms with van der Waals surface area (Å²) in [6.07, 6.45) is 0.391. The number of anilines is 3. The molecule has 0 aromatic heterocycles. The number of benzene rings is 3. The van der Waals surface area contributed by atoms with Crippen LogP contribution >= 0.6 is 0 Å². The average molecular weight is 445 g/mol. The Morgan fingerprint density at radius 1 is 0.758 bits per heavy atom. The number of carbonyl (C=O) groups is 3. The van der Waals surface area contributed by atoms with Gasteiger partial charge in [-0.15, -0.1) is 0 Å². The lowest BCUT2D eigenvalue weighted by Crippen LogP contribution is -2.27. The van der Waals surface area contributed by atoms with Crippen LogP contribution in [0.4, 0.5) is 17.1 Å². The van der Waals surface area contributed by atoms with Gasteiger partial charge in [-0.05, 0) is 48.9 Å². The van der Waals surface area contributed by atoms with E-state index in [0.29, 0.717) is 29.0 Å². The first kappa shape index (κ1) is 23.5. The SMILES string of the molecule is CCC(=O)Nc1cccc(NCC(=O)Nc2cccc(C(=O)NC(C)c3ccccc3)c2)c1. The smallest absolute Gasteiger partial charge is 0.251 e. The van der Waals surface area contributed by atoms with Gasteiger partial charge in [0.2, 0.25) is 11.8 Å². The Morgan fingerprint density at radius 3 is 2.12 bits per heavy atom. The van der Waals surface area contributed by atoms with Gasteiger partial charge in [0.05, 0.1) is 12.6 Å². The molecule has 0 bridgehead atoms.